The van der Waals surface area contributed by atoms with Crippen molar-refractivity contribution in [1.82, 2.24) is 4.98 Å². The van der Waals surface area contributed by atoms with E-state index >= 15 is 0 Å². The first-order chi connectivity index (χ1) is 9.85. The van der Waals surface area contributed by atoms with E-state index in [4.69, 9.17) is 4.74 Å². The predicted octanol–water partition coefficient (Wildman–Crippen LogP) is 4.38. The summed E-state index contributed by atoms with van der Waals surface area (Å²) in [4.78, 5) is 4.40. The summed E-state index contributed by atoms with van der Waals surface area (Å²) < 4.78 is 5.81. The Hall–Kier alpha value is -2.35. The van der Waals surface area contributed by atoms with E-state index in [2.05, 4.69) is 36.2 Å². The average molecular weight is 263 g/mol. The van der Waals surface area contributed by atoms with E-state index in [1.807, 2.05) is 30.3 Å². The standard InChI is InChI=1S/C18H17NO/c1-2-14-7-9-15(10-8-14)13-20-17-11-16-5-3-4-6-18(16)19-12-17/h3-12H,2,13H2,1H3. The zero-order chi connectivity index (χ0) is 13.8. The van der Waals surface area contributed by atoms with Crippen molar-refractivity contribution >= 4 is 10.9 Å². The van der Waals surface area contributed by atoms with Gasteiger partial charge in [0.15, 0.2) is 0 Å². The van der Waals surface area contributed by atoms with E-state index in [1.165, 1.54) is 11.1 Å². The van der Waals surface area contributed by atoms with Gasteiger partial charge in [0.2, 0.25) is 0 Å². The highest BCUT2D eigenvalue weighted by molar-refractivity contribution is 5.79. The Labute approximate surface area is 119 Å². The Morgan fingerprint density at radius 1 is 0.950 bits per heavy atom. The van der Waals surface area contributed by atoms with Crippen LogP contribution in [0.1, 0.15) is 18.1 Å². The molecule has 0 fully saturated rings. The van der Waals surface area contributed by atoms with Gasteiger partial charge in [0, 0.05) is 5.39 Å². The van der Waals surface area contributed by atoms with Crippen LogP contribution >= 0.6 is 0 Å². The molecule has 3 aromatic rings. The lowest BCUT2D eigenvalue weighted by atomic mass is 10.1. The maximum absolute atomic E-state index is 5.81. The second-order valence-corrected chi connectivity index (χ2v) is 4.82. The molecule has 0 bridgehead atoms. The Morgan fingerprint density at radius 2 is 1.70 bits per heavy atom. The van der Waals surface area contributed by atoms with Crippen LogP contribution < -0.4 is 4.74 Å². The molecule has 2 heteroatoms. The first kappa shape index (κ1) is 12.7. The molecule has 0 aliphatic carbocycles. The molecule has 0 aliphatic heterocycles. The summed E-state index contributed by atoms with van der Waals surface area (Å²) in [5, 5.41) is 1.10. The van der Waals surface area contributed by atoms with Crippen molar-refractivity contribution in [3.63, 3.8) is 0 Å². The number of nitrogens with zero attached hydrogens (tertiary/aromatic N) is 1. The second kappa shape index (κ2) is 5.74. The van der Waals surface area contributed by atoms with Crippen LogP contribution in [0.3, 0.4) is 0 Å². The molecule has 0 atom stereocenters. The molecule has 1 heterocycles. The molecule has 0 saturated heterocycles. The highest BCUT2D eigenvalue weighted by Gasteiger charge is 1.99. The van der Waals surface area contributed by atoms with Crippen molar-refractivity contribution in [3.05, 3.63) is 71.9 Å². The van der Waals surface area contributed by atoms with E-state index in [0.29, 0.717) is 6.61 Å². The molecule has 0 aliphatic rings. The first-order valence-corrected chi connectivity index (χ1v) is 6.90. The van der Waals surface area contributed by atoms with Crippen LogP contribution in [-0.4, -0.2) is 4.98 Å². The quantitative estimate of drug-likeness (QED) is 0.697. The Balaban J connectivity index is 1.72. The third kappa shape index (κ3) is 2.80. The summed E-state index contributed by atoms with van der Waals surface area (Å²) in [6.45, 7) is 2.73. The summed E-state index contributed by atoms with van der Waals surface area (Å²) in [6.07, 6.45) is 2.85. The SMILES string of the molecule is CCc1ccc(COc2cnc3ccccc3c2)cc1. The number of para-hydroxylation sites is 1. The Bertz CT molecular complexity index is 704. The van der Waals surface area contributed by atoms with Gasteiger partial charge >= 0.3 is 0 Å². The zero-order valence-corrected chi connectivity index (χ0v) is 11.5. The van der Waals surface area contributed by atoms with Crippen molar-refractivity contribution < 1.29 is 4.74 Å². The number of hydrogen-bond donors (Lipinski definition) is 0. The topological polar surface area (TPSA) is 22.1 Å². The summed E-state index contributed by atoms with van der Waals surface area (Å²) in [6, 6.07) is 18.6. The molecular weight excluding hydrogens is 246 g/mol. The largest absolute Gasteiger partial charge is 0.487 e. The second-order valence-electron chi connectivity index (χ2n) is 4.82. The minimum absolute atomic E-state index is 0.573. The summed E-state index contributed by atoms with van der Waals surface area (Å²) in [5.74, 6) is 0.809. The van der Waals surface area contributed by atoms with Gasteiger partial charge < -0.3 is 4.74 Å². The highest BCUT2D eigenvalue weighted by Crippen LogP contribution is 2.19. The molecule has 0 unspecified atom stereocenters. The van der Waals surface area contributed by atoms with Crippen molar-refractivity contribution in [3.8, 4) is 5.75 Å². The molecule has 20 heavy (non-hydrogen) atoms. The van der Waals surface area contributed by atoms with Crippen LogP contribution in [0.15, 0.2) is 60.8 Å². The summed E-state index contributed by atoms with van der Waals surface area (Å²) >= 11 is 0. The van der Waals surface area contributed by atoms with Gasteiger partial charge in [0.25, 0.3) is 0 Å². The van der Waals surface area contributed by atoms with Crippen LogP contribution in [0.5, 0.6) is 5.75 Å². The van der Waals surface area contributed by atoms with Gasteiger partial charge in [0.05, 0.1) is 11.7 Å². The van der Waals surface area contributed by atoms with Crippen LogP contribution in [0.25, 0.3) is 10.9 Å². The van der Waals surface area contributed by atoms with Crippen molar-refractivity contribution in [2.24, 2.45) is 0 Å². The van der Waals surface area contributed by atoms with Crippen LogP contribution in [0.4, 0.5) is 0 Å². The normalized spacial score (nSPS) is 10.7. The van der Waals surface area contributed by atoms with E-state index in [0.717, 1.165) is 23.1 Å². The number of fused-ring (bicyclic) bond motifs is 1. The molecule has 1 aromatic heterocycles. The number of rotatable bonds is 4. The summed E-state index contributed by atoms with van der Waals surface area (Å²) in [7, 11) is 0. The molecule has 100 valence electrons. The van der Waals surface area contributed by atoms with Crippen molar-refractivity contribution in [2.45, 2.75) is 20.0 Å². The van der Waals surface area contributed by atoms with Gasteiger partial charge in [-0.1, -0.05) is 49.4 Å². The van der Waals surface area contributed by atoms with Gasteiger partial charge in [-0.05, 0) is 29.7 Å². The molecule has 0 spiro atoms. The highest BCUT2D eigenvalue weighted by atomic mass is 16.5. The summed E-state index contributed by atoms with van der Waals surface area (Å²) in [5.41, 5.74) is 3.52. The van der Waals surface area contributed by atoms with Crippen LogP contribution in [-0.2, 0) is 13.0 Å². The number of ether oxygens (including phenoxy) is 1. The number of aryl methyl sites for hydroxylation is 1. The lowest BCUT2D eigenvalue weighted by Crippen LogP contribution is -1.96. The minimum atomic E-state index is 0.573. The minimum Gasteiger partial charge on any atom is -0.487 e. The number of hydrogen-bond acceptors (Lipinski definition) is 2. The molecule has 2 aromatic carbocycles. The molecule has 0 saturated carbocycles. The Morgan fingerprint density at radius 3 is 2.50 bits per heavy atom. The van der Waals surface area contributed by atoms with Crippen molar-refractivity contribution in [1.29, 1.82) is 0 Å². The molecule has 2 nitrogen and oxygen atoms in total. The van der Waals surface area contributed by atoms with Crippen LogP contribution in [0.2, 0.25) is 0 Å². The maximum atomic E-state index is 5.81. The first-order valence-electron chi connectivity index (χ1n) is 6.90. The molecular formula is C18H17NO. The van der Waals surface area contributed by atoms with E-state index in [9.17, 15) is 0 Å². The van der Waals surface area contributed by atoms with Gasteiger partial charge in [0.1, 0.15) is 12.4 Å². The number of aromatic nitrogens is 1. The molecule has 3 rings (SSSR count). The monoisotopic (exact) mass is 263 g/mol. The predicted molar refractivity (Wildman–Crippen MR) is 81.9 cm³/mol. The van der Waals surface area contributed by atoms with Crippen LogP contribution in [0, 0.1) is 0 Å². The van der Waals surface area contributed by atoms with E-state index in [1.54, 1.807) is 6.20 Å². The molecule has 0 radical (unpaired) electrons. The number of benzene rings is 2. The fraction of sp³-hybridized carbons (Fsp3) is 0.167. The molecule has 0 amide bonds. The molecule has 0 N–H and O–H groups in total. The van der Waals surface area contributed by atoms with Gasteiger partial charge in [-0.2, -0.15) is 0 Å². The van der Waals surface area contributed by atoms with Gasteiger partial charge in [-0.25, -0.2) is 0 Å². The third-order valence-corrected chi connectivity index (χ3v) is 3.40. The van der Waals surface area contributed by atoms with Gasteiger partial charge in [-0.15, -0.1) is 0 Å². The van der Waals surface area contributed by atoms with Gasteiger partial charge in [-0.3, -0.25) is 4.98 Å². The number of pyridine rings is 1. The maximum Gasteiger partial charge on any atom is 0.138 e. The third-order valence-electron chi connectivity index (χ3n) is 3.40. The lowest BCUT2D eigenvalue weighted by Gasteiger charge is -2.07. The van der Waals surface area contributed by atoms with Crippen molar-refractivity contribution in [2.75, 3.05) is 0 Å². The van der Waals surface area contributed by atoms with E-state index < -0.39 is 0 Å². The average Bonchev–Trinajstić information content (AvgIpc) is 2.53. The fourth-order valence-corrected chi connectivity index (χ4v) is 2.17. The lowest BCUT2D eigenvalue weighted by molar-refractivity contribution is 0.305. The van der Waals surface area contributed by atoms with E-state index in [-0.39, 0.29) is 0 Å². The smallest absolute Gasteiger partial charge is 0.138 e. The Kier molecular flexibility index (Phi) is 3.64. The fourth-order valence-electron chi connectivity index (χ4n) is 2.17. The zero-order valence-electron chi connectivity index (χ0n) is 11.5.